The summed E-state index contributed by atoms with van der Waals surface area (Å²) >= 11 is 0. The van der Waals surface area contributed by atoms with Crippen molar-refractivity contribution in [2.24, 2.45) is 0 Å². The predicted octanol–water partition coefficient (Wildman–Crippen LogP) is 7.19. The van der Waals surface area contributed by atoms with Gasteiger partial charge >= 0.3 is 11.9 Å². The Balaban J connectivity index is 1.42. The zero-order chi connectivity index (χ0) is 29.6. The topological polar surface area (TPSA) is 87.1 Å². The third-order valence-electron chi connectivity index (χ3n) is 7.34. The van der Waals surface area contributed by atoms with Crippen LogP contribution in [0.25, 0.3) is 0 Å². The fourth-order valence-corrected chi connectivity index (χ4v) is 4.95. The Morgan fingerprint density at radius 2 is 1.24 bits per heavy atom. The number of carbonyl (C=O) groups is 2. The van der Waals surface area contributed by atoms with Crippen LogP contribution < -0.4 is 0 Å². The number of carboxylic acid groups (broad SMARTS) is 2. The van der Waals surface area contributed by atoms with Gasteiger partial charge in [-0.25, -0.2) is 4.79 Å². The second-order valence-corrected chi connectivity index (χ2v) is 10.6. The number of benzene rings is 4. The van der Waals surface area contributed by atoms with Gasteiger partial charge in [-0.15, -0.1) is 0 Å². The molecule has 4 aromatic rings. The van der Waals surface area contributed by atoms with Gasteiger partial charge < -0.3 is 14.9 Å². The Hall–Kier alpha value is -4.26. The highest BCUT2D eigenvalue weighted by Gasteiger charge is 2.18. The van der Waals surface area contributed by atoms with Crippen LogP contribution in [0.15, 0.2) is 109 Å². The molecule has 0 aromatic heterocycles. The van der Waals surface area contributed by atoms with Gasteiger partial charge in [0.05, 0.1) is 18.3 Å². The summed E-state index contributed by atoms with van der Waals surface area (Å²) in [5.41, 5.74) is 6.06. The van der Waals surface area contributed by atoms with Crippen LogP contribution in [0, 0.1) is 0 Å². The second-order valence-electron chi connectivity index (χ2n) is 10.6. The molecule has 6 nitrogen and oxygen atoms in total. The fourth-order valence-electron chi connectivity index (χ4n) is 4.95. The van der Waals surface area contributed by atoms with Gasteiger partial charge in [0.2, 0.25) is 0 Å². The molecule has 6 heteroatoms. The zero-order valence-corrected chi connectivity index (χ0v) is 23.9. The molecule has 0 saturated heterocycles. The van der Waals surface area contributed by atoms with Crippen LogP contribution in [0.5, 0.6) is 0 Å². The second kappa shape index (κ2) is 16.2. The van der Waals surface area contributed by atoms with Gasteiger partial charge in [0.15, 0.2) is 0 Å². The summed E-state index contributed by atoms with van der Waals surface area (Å²) in [5.74, 6) is -1.74. The molecular formula is C36H39NO5. The Kier molecular flexibility index (Phi) is 11.9. The first kappa shape index (κ1) is 30.7. The maximum absolute atomic E-state index is 11.3. The van der Waals surface area contributed by atoms with Gasteiger partial charge in [-0.1, -0.05) is 97.1 Å². The molecule has 4 rings (SSSR count). The van der Waals surface area contributed by atoms with Crippen molar-refractivity contribution in [3.8, 4) is 0 Å². The van der Waals surface area contributed by atoms with Crippen molar-refractivity contribution in [3.63, 3.8) is 0 Å². The van der Waals surface area contributed by atoms with Crippen LogP contribution in [0.3, 0.4) is 0 Å². The van der Waals surface area contributed by atoms with Crippen LogP contribution >= 0.6 is 0 Å². The van der Waals surface area contributed by atoms with Crippen molar-refractivity contribution >= 4 is 11.9 Å². The number of aliphatic carboxylic acids is 1. The maximum Gasteiger partial charge on any atom is 0.335 e. The van der Waals surface area contributed by atoms with E-state index in [0.29, 0.717) is 32.7 Å². The largest absolute Gasteiger partial charge is 0.481 e. The number of aromatic carboxylic acids is 1. The predicted molar refractivity (Wildman–Crippen MR) is 164 cm³/mol. The first-order valence-electron chi connectivity index (χ1n) is 14.5. The molecule has 1 atom stereocenters. The summed E-state index contributed by atoms with van der Waals surface area (Å²) in [4.78, 5) is 24.6. The quantitative estimate of drug-likeness (QED) is 0.132. The molecule has 0 fully saturated rings. The number of hydrogen-bond acceptors (Lipinski definition) is 4. The van der Waals surface area contributed by atoms with E-state index in [0.717, 1.165) is 36.0 Å². The molecule has 2 N–H and O–H groups in total. The molecule has 218 valence electrons. The van der Waals surface area contributed by atoms with E-state index < -0.39 is 11.9 Å². The summed E-state index contributed by atoms with van der Waals surface area (Å²) in [6.45, 7) is 2.40. The van der Waals surface area contributed by atoms with Gasteiger partial charge in [-0.3, -0.25) is 9.69 Å². The van der Waals surface area contributed by atoms with Gasteiger partial charge in [0.1, 0.15) is 0 Å². The minimum atomic E-state index is -0.950. The summed E-state index contributed by atoms with van der Waals surface area (Å²) in [6, 6.07) is 36.2. The number of rotatable bonds is 17. The number of carboxylic acids is 2. The van der Waals surface area contributed by atoms with E-state index in [1.165, 1.54) is 11.1 Å². The maximum atomic E-state index is 11.3. The Labute approximate surface area is 248 Å². The average Bonchev–Trinajstić information content (AvgIpc) is 3.01. The molecule has 0 aliphatic heterocycles. The highest BCUT2D eigenvalue weighted by atomic mass is 16.5. The van der Waals surface area contributed by atoms with Gasteiger partial charge in [0, 0.05) is 19.5 Å². The molecule has 0 radical (unpaired) electrons. The number of hydrogen-bond donors (Lipinski definition) is 2. The van der Waals surface area contributed by atoms with E-state index in [9.17, 15) is 14.7 Å². The first-order chi connectivity index (χ1) is 20.5. The summed E-state index contributed by atoms with van der Waals surface area (Å²) in [5, 5.41) is 18.3. The third kappa shape index (κ3) is 10.3. The lowest BCUT2D eigenvalue weighted by Gasteiger charge is -2.28. The van der Waals surface area contributed by atoms with Crippen molar-refractivity contribution < 1.29 is 24.5 Å². The van der Waals surface area contributed by atoms with Gasteiger partial charge in [-0.05, 0) is 72.2 Å². The molecule has 0 aliphatic carbocycles. The van der Waals surface area contributed by atoms with Crippen LogP contribution in [0.4, 0.5) is 0 Å². The standard InChI is InChI=1S/C36H39NO5/c38-35(39)13-7-8-24-37(25-30-20-22-33(23-21-30)36(40)41)26-34(32-11-5-2-6-12-32)42-27-31-18-16-29(17-19-31)15-14-28-9-3-1-4-10-28/h1-6,9-12,16-23,34H,7-8,13-15,24-27H2,(H,38,39)(H,40,41)/t34-/m0/s1. The van der Waals surface area contributed by atoms with E-state index in [1.807, 2.05) is 36.4 Å². The van der Waals surface area contributed by atoms with Crippen molar-refractivity contribution in [2.45, 2.75) is 51.4 Å². The summed E-state index contributed by atoms with van der Waals surface area (Å²) < 4.78 is 6.53. The fraction of sp³-hybridized carbons (Fsp3) is 0.278. The lowest BCUT2D eigenvalue weighted by atomic mass is 10.0. The monoisotopic (exact) mass is 565 g/mol. The SMILES string of the molecule is O=C(O)CCCCN(Cc1ccc(C(=O)O)cc1)C[C@H](OCc1ccc(CCc2ccccc2)cc1)c1ccccc1. The van der Waals surface area contributed by atoms with Crippen LogP contribution in [0.2, 0.25) is 0 Å². The lowest BCUT2D eigenvalue weighted by Crippen LogP contribution is -2.30. The molecule has 0 unspecified atom stereocenters. The molecule has 0 aliphatic rings. The average molecular weight is 566 g/mol. The Morgan fingerprint density at radius 3 is 1.86 bits per heavy atom. The molecule has 0 heterocycles. The summed E-state index contributed by atoms with van der Waals surface area (Å²) in [6.07, 6.45) is 3.28. The van der Waals surface area contributed by atoms with Crippen LogP contribution in [-0.2, 0) is 35.5 Å². The number of ether oxygens (including phenoxy) is 1. The third-order valence-corrected chi connectivity index (χ3v) is 7.34. The smallest absolute Gasteiger partial charge is 0.335 e. The zero-order valence-electron chi connectivity index (χ0n) is 23.9. The highest BCUT2D eigenvalue weighted by Crippen LogP contribution is 2.23. The summed E-state index contributed by atoms with van der Waals surface area (Å²) in [7, 11) is 0. The van der Waals surface area contributed by atoms with Crippen molar-refractivity contribution in [2.75, 3.05) is 13.1 Å². The van der Waals surface area contributed by atoms with E-state index in [1.54, 1.807) is 12.1 Å². The van der Waals surface area contributed by atoms with Crippen molar-refractivity contribution in [1.82, 2.24) is 4.90 Å². The van der Waals surface area contributed by atoms with Gasteiger partial charge in [-0.2, -0.15) is 0 Å². The van der Waals surface area contributed by atoms with Crippen LogP contribution in [-0.4, -0.2) is 40.1 Å². The van der Waals surface area contributed by atoms with E-state index in [2.05, 4.69) is 65.6 Å². The van der Waals surface area contributed by atoms with E-state index in [4.69, 9.17) is 9.84 Å². The van der Waals surface area contributed by atoms with E-state index in [-0.39, 0.29) is 18.1 Å². The molecular weight excluding hydrogens is 526 g/mol. The van der Waals surface area contributed by atoms with Crippen molar-refractivity contribution in [3.05, 3.63) is 143 Å². The minimum absolute atomic E-state index is 0.140. The first-order valence-corrected chi connectivity index (χ1v) is 14.5. The molecule has 0 spiro atoms. The minimum Gasteiger partial charge on any atom is -0.481 e. The number of aryl methyl sites for hydroxylation is 2. The van der Waals surface area contributed by atoms with Gasteiger partial charge in [0.25, 0.3) is 0 Å². The molecule has 42 heavy (non-hydrogen) atoms. The number of nitrogens with zero attached hydrogens (tertiary/aromatic N) is 1. The Morgan fingerprint density at radius 1 is 0.667 bits per heavy atom. The molecule has 0 amide bonds. The van der Waals surface area contributed by atoms with Crippen LogP contribution in [0.1, 0.15) is 63.5 Å². The lowest BCUT2D eigenvalue weighted by molar-refractivity contribution is -0.137. The van der Waals surface area contributed by atoms with Crippen molar-refractivity contribution in [1.29, 1.82) is 0 Å². The van der Waals surface area contributed by atoms with E-state index >= 15 is 0 Å². The normalized spacial score (nSPS) is 11.8. The number of unbranched alkanes of at least 4 members (excludes halogenated alkanes) is 1. The highest BCUT2D eigenvalue weighted by molar-refractivity contribution is 5.87. The molecule has 0 bridgehead atoms. The Bertz CT molecular complexity index is 1370. The molecule has 0 saturated carbocycles. The molecule has 4 aromatic carbocycles.